The number of hydrogen-bond donors (Lipinski definition) is 0. The summed E-state index contributed by atoms with van der Waals surface area (Å²) in [6.07, 6.45) is 4.02. The van der Waals surface area contributed by atoms with E-state index in [0.717, 1.165) is 16.3 Å². The second-order valence-electron chi connectivity index (χ2n) is 1.67. The Morgan fingerprint density at radius 1 is 1.50 bits per heavy atom. The highest BCUT2D eigenvalue weighted by Gasteiger charge is 1.93. The topological polar surface area (TPSA) is 17.1 Å². The lowest BCUT2D eigenvalue weighted by Crippen LogP contribution is -1.64. The highest BCUT2D eigenvalue weighted by atomic mass is 79.9. The number of halogens is 1. The predicted octanol–water partition coefficient (Wildman–Crippen LogP) is 2.72. The summed E-state index contributed by atoms with van der Waals surface area (Å²) in [5, 5.41) is 3.95. The van der Waals surface area contributed by atoms with Crippen LogP contribution in [0, 0.1) is 0 Å². The van der Waals surface area contributed by atoms with Crippen LogP contribution in [0.25, 0.3) is 6.08 Å². The van der Waals surface area contributed by atoms with Crippen LogP contribution in [0.5, 0.6) is 0 Å². The number of carbonyl (C=O) groups excluding carboxylic acids is 1. The Morgan fingerprint density at radius 3 is 2.80 bits per heavy atom. The van der Waals surface area contributed by atoms with Crippen molar-refractivity contribution >= 4 is 39.6 Å². The molecule has 0 radical (unpaired) electrons. The van der Waals surface area contributed by atoms with Crippen molar-refractivity contribution < 1.29 is 4.79 Å². The summed E-state index contributed by atoms with van der Waals surface area (Å²) in [5.41, 5.74) is 1.05. The number of allylic oxidation sites excluding steroid dienone is 1. The van der Waals surface area contributed by atoms with E-state index in [9.17, 15) is 4.79 Å². The minimum atomic E-state index is 0.768. The van der Waals surface area contributed by atoms with E-state index in [1.54, 1.807) is 17.4 Å². The van der Waals surface area contributed by atoms with Crippen LogP contribution in [-0.4, -0.2) is 6.29 Å². The van der Waals surface area contributed by atoms with E-state index < -0.39 is 0 Å². The molecule has 0 fully saturated rings. The second-order valence-corrected chi connectivity index (χ2v) is 3.27. The molecule has 0 atom stereocenters. The molecule has 0 saturated heterocycles. The molecule has 0 bridgehead atoms. The summed E-state index contributed by atoms with van der Waals surface area (Å²) in [7, 11) is 0. The molecule has 0 unspecified atom stereocenters. The zero-order valence-corrected chi connectivity index (χ0v) is 7.48. The van der Waals surface area contributed by atoms with Gasteiger partial charge in [0.2, 0.25) is 0 Å². The maximum Gasteiger partial charge on any atom is 0.142 e. The van der Waals surface area contributed by atoms with Crippen LogP contribution in [0.3, 0.4) is 0 Å². The van der Waals surface area contributed by atoms with Crippen molar-refractivity contribution in [1.29, 1.82) is 0 Å². The number of hydrogen-bond acceptors (Lipinski definition) is 2. The molecular formula is C7H5BrOS. The van der Waals surface area contributed by atoms with Gasteiger partial charge in [-0.05, 0) is 39.0 Å². The number of rotatable bonds is 2. The largest absolute Gasteiger partial charge is 0.299 e. The van der Waals surface area contributed by atoms with Crippen molar-refractivity contribution in [2.24, 2.45) is 0 Å². The monoisotopic (exact) mass is 216 g/mol. The van der Waals surface area contributed by atoms with E-state index in [1.165, 1.54) is 6.08 Å². The number of carbonyl (C=O) groups is 1. The molecular weight excluding hydrogens is 212 g/mol. The van der Waals surface area contributed by atoms with E-state index in [-0.39, 0.29) is 0 Å². The van der Waals surface area contributed by atoms with Gasteiger partial charge in [0.25, 0.3) is 0 Å². The predicted molar refractivity (Wildman–Crippen MR) is 47.1 cm³/mol. The van der Waals surface area contributed by atoms with Crippen molar-refractivity contribution in [3.63, 3.8) is 0 Å². The van der Waals surface area contributed by atoms with Gasteiger partial charge in [0.15, 0.2) is 0 Å². The van der Waals surface area contributed by atoms with Crippen LogP contribution >= 0.6 is 27.3 Å². The summed E-state index contributed by atoms with van der Waals surface area (Å²) in [6, 6.07) is 0. The van der Waals surface area contributed by atoms with Crippen LogP contribution in [-0.2, 0) is 4.79 Å². The molecule has 3 heteroatoms. The van der Waals surface area contributed by atoms with Gasteiger partial charge in [0.05, 0.1) is 0 Å². The minimum absolute atomic E-state index is 0.768. The highest BCUT2D eigenvalue weighted by molar-refractivity contribution is 9.10. The molecule has 1 aromatic rings. The molecule has 0 N–H and O–H groups in total. The molecule has 0 saturated carbocycles. The molecule has 0 aliphatic carbocycles. The quantitative estimate of drug-likeness (QED) is 0.549. The van der Waals surface area contributed by atoms with E-state index in [1.807, 2.05) is 10.8 Å². The maximum atomic E-state index is 9.91. The van der Waals surface area contributed by atoms with Crippen molar-refractivity contribution in [2.45, 2.75) is 0 Å². The van der Waals surface area contributed by atoms with Crippen molar-refractivity contribution in [1.82, 2.24) is 0 Å². The molecule has 0 aliphatic heterocycles. The molecule has 1 rings (SSSR count). The Kier molecular flexibility index (Phi) is 2.83. The molecule has 1 heterocycles. The number of thiophene rings is 1. The van der Waals surface area contributed by atoms with Gasteiger partial charge >= 0.3 is 0 Å². The van der Waals surface area contributed by atoms with Gasteiger partial charge in [0.1, 0.15) is 6.29 Å². The molecule has 10 heavy (non-hydrogen) atoms. The summed E-state index contributed by atoms with van der Waals surface area (Å²) in [6.45, 7) is 0. The fourth-order valence-electron chi connectivity index (χ4n) is 0.553. The molecule has 1 aromatic heterocycles. The summed E-state index contributed by atoms with van der Waals surface area (Å²) < 4.78 is 1.04. The molecule has 1 nitrogen and oxygen atoms in total. The fraction of sp³-hybridized carbons (Fsp3) is 0. The molecule has 0 amide bonds. The lowest BCUT2D eigenvalue weighted by Gasteiger charge is -1.82. The van der Waals surface area contributed by atoms with E-state index in [2.05, 4.69) is 15.9 Å². The second kappa shape index (κ2) is 3.68. The van der Waals surface area contributed by atoms with Gasteiger partial charge in [-0.25, -0.2) is 0 Å². The van der Waals surface area contributed by atoms with Gasteiger partial charge < -0.3 is 0 Å². The smallest absolute Gasteiger partial charge is 0.142 e. The van der Waals surface area contributed by atoms with Crippen LogP contribution in [0.2, 0.25) is 0 Å². The summed E-state index contributed by atoms with van der Waals surface area (Å²) >= 11 is 4.94. The third-order valence-corrected chi connectivity index (χ3v) is 2.75. The van der Waals surface area contributed by atoms with Crippen LogP contribution < -0.4 is 0 Å². The van der Waals surface area contributed by atoms with E-state index >= 15 is 0 Å². The maximum absolute atomic E-state index is 9.91. The van der Waals surface area contributed by atoms with Crippen molar-refractivity contribution in [3.8, 4) is 0 Å². The van der Waals surface area contributed by atoms with Gasteiger partial charge in [-0.1, -0.05) is 0 Å². The zero-order chi connectivity index (χ0) is 7.40. The average molecular weight is 217 g/mol. The van der Waals surface area contributed by atoms with Crippen LogP contribution in [0.15, 0.2) is 21.3 Å². The molecule has 0 spiro atoms. The third-order valence-electron chi connectivity index (χ3n) is 0.997. The Labute approximate surface area is 71.5 Å². The standard InChI is InChI=1S/C7H5BrOS/c8-7-5-10-4-6(7)2-1-3-9/h1-5H. The first-order valence-corrected chi connectivity index (χ1v) is 4.41. The van der Waals surface area contributed by atoms with Crippen LogP contribution in [0.1, 0.15) is 5.56 Å². The Balaban J connectivity index is 2.83. The summed E-state index contributed by atoms with van der Waals surface area (Å²) in [5.74, 6) is 0. The SMILES string of the molecule is O=CC=Cc1cscc1Br. The third kappa shape index (κ3) is 1.78. The van der Waals surface area contributed by atoms with Crippen molar-refractivity contribution in [3.05, 3.63) is 26.9 Å². The van der Waals surface area contributed by atoms with Gasteiger partial charge in [-0.2, -0.15) is 11.3 Å². The van der Waals surface area contributed by atoms with Gasteiger partial charge in [-0.15, -0.1) is 0 Å². The summed E-state index contributed by atoms with van der Waals surface area (Å²) in [4.78, 5) is 9.91. The highest BCUT2D eigenvalue weighted by Crippen LogP contribution is 2.21. The average Bonchev–Trinajstić information content (AvgIpc) is 2.31. The molecule has 0 aromatic carbocycles. The zero-order valence-electron chi connectivity index (χ0n) is 5.08. The first-order chi connectivity index (χ1) is 4.84. The van der Waals surface area contributed by atoms with Crippen molar-refractivity contribution in [2.75, 3.05) is 0 Å². The van der Waals surface area contributed by atoms with E-state index in [0.29, 0.717) is 0 Å². The number of aldehydes is 1. The first kappa shape index (κ1) is 7.69. The minimum Gasteiger partial charge on any atom is -0.299 e. The molecule has 52 valence electrons. The first-order valence-electron chi connectivity index (χ1n) is 2.68. The Hall–Kier alpha value is -0.410. The van der Waals surface area contributed by atoms with Crippen LogP contribution in [0.4, 0.5) is 0 Å². The Morgan fingerprint density at radius 2 is 2.30 bits per heavy atom. The lowest BCUT2D eigenvalue weighted by atomic mass is 10.3. The van der Waals surface area contributed by atoms with Gasteiger partial charge in [0, 0.05) is 9.85 Å². The molecule has 0 aliphatic rings. The lowest BCUT2D eigenvalue weighted by molar-refractivity contribution is -0.104. The normalized spacial score (nSPS) is 10.5. The van der Waals surface area contributed by atoms with E-state index in [4.69, 9.17) is 0 Å². The van der Waals surface area contributed by atoms with Gasteiger partial charge in [-0.3, -0.25) is 4.79 Å². The fourth-order valence-corrected chi connectivity index (χ4v) is 1.95. The Bertz CT molecular complexity index is 252.